The molecule has 3 rings (SSSR count). The van der Waals surface area contributed by atoms with Gasteiger partial charge in [0.1, 0.15) is 11.5 Å². The molecule has 0 unspecified atom stereocenters. The quantitative estimate of drug-likeness (QED) is 0.0961. The molecule has 0 saturated heterocycles. The first-order valence-electron chi connectivity index (χ1n) is 8.98. The van der Waals surface area contributed by atoms with Crippen molar-refractivity contribution < 1.29 is 19.1 Å². The zero-order valence-corrected chi connectivity index (χ0v) is 21.3. The molecule has 156 valence electrons. The van der Waals surface area contributed by atoms with Crippen molar-refractivity contribution in [3.05, 3.63) is 99.2 Å². The number of rotatable bonds is 7. The van der Waals surface area contributed by atoms with Crippen molar-refractivity contribution in [1.82, 2.24) is 0 Å². The molecule has 3 aromatic rings. The molecule has 0 aromatic heterocycles. The standard InChI is InChI=1S/C24H17I2O4S/c1-16(25)23(27)29-18-8-12-21(13-9-18)31(20-6-4-3-5-7-20)22-14-10-19(11-15-22)30-24(28)17(2)26/h3-15H,1-2H2/q+1. The molecular weight excluding hydrogens is 638 g/mol. The van der Waals surface area contributed by atoms with Gasteiger partial charge in [-0.2, -0.15) is 0 Å². The molecule has 0 spiro atoms. The van der Waals surface area contributed by atoms with Gasteiger partial charge < -0.3 is 9.47 Å². The molecule has 0 aliphatic carbocycles. The Morgan fingerprint density at radius 3 is 1.32 bits per heavy atom. The molecule has 0 atom stereocenters. The maximum atomic E-state index is 11.8. The minimum Gasteiger partial charge on any atom is -0.423 e. The van der Waals surface area contributed by atoms with Crippen LogP contribution < -0.4 is 9.47 Å². The van der Waals surface area contributed by atoms with E-state index in [0.29, 0.717) is 18.7 Å². The first kappa shape index (κ1) is 23.6. The van der Waals surface area contributed by atoms with Crippen LogP contribution in [0, 0.1) is 0 Å². The Kier molecular flexibility index (Phi) is 8.33. The number of halogens is 2. The van der Waals surface area contributed by atoms with Gasteiger partial charge >= 0.3 is 11.9 Å². The van der Waals surface area contributed by atoms with E-state index < -0.39 is 22.8 Å². The molecule has 0 fully saturated rings. The lowest BCUT2D eigenvalue weighted by atomic mass is 10.3. The van der Waals surface area contributed by atoms with Gasteiger partial charge in [0.25, 0.3) is 0 Å². The van der Waals surface area contributed by atoms with Crippen molar-refractivity contribution in [3.63, 3.8) is 0 Å². The summed E-state index contributed by atoms with van der Waals surface area (Å²) in [6.07, 6.45) is 0. The molecule has 3 aromatic carbocycles. The number of carbonyl (C=O) groups excluding carboxylic acids is 2. The summed E-state index contributed by atoms with van der Waals surface area (Å²) in [7, 11) is -0.393. The van der Waals surface area contributed by atoms with Crippen molar-refractivity contribution in [3.8, 4) is 11.5 Å². The number of hydrogen-bond donors (Lipinski definition) is 0. The topological polar surface area (TPSA) is 52.6 Å². The molecule has 0 bridgehead atoms. The monoisotopic (exact) mass is 655 g/mol. The third kappa shape index (κ3) is 6.44. The molecule has 31 heavy (non-hydrogen) atoms. The van der Waals surface area contributed by atoms with Crippen LogP contribution in [0.4, 0.5) is 0 Å². The summed E-state index contributed by atoms with van der Waals surface area (Å²) >= 11 is 3.67. The molecule has 4 nitrogen and oxygen atoms in total. The van der Waals surface area contributed by atoms with Gasteiger partial charge in [0.2, 0.25) is 0 Å². The molecule has 7 heteroatoms. The number of hydrogen-bond acceptors (Lipinski definition) is 4. The van der Waals surface area contributed by atoms with E-state index in [-0.39, 0.29) is 0 Å². The van der Waals surface area contributed by atoms with Crippen LogP contribution in [0.2, 0.25) is 0 Å². The minimum atomic E-state index is -0.463. The van der Waals surface area contributed by atoms with Crippen LogP contribution >= 0.6 is 45.2 Å². The maximum Gasteiger partial charge on any atom is 0.349 e. The second-order valence-electron chi connectivity index (χ2n) is 6.15. The van der Waals surface area contributed by atoms with Crippen molar-refractivity contribution in [2.24, 2.45) is 0 Å². The summed E-state index contributed by atoms with van der Waals surface area (Å²) in [6.45, 7) is 7.18. The summed E-state index contributed by atoms with van der Waals surface area (Å²) in [6, 6.07) is 25.0. The Morgan fingerprint density at radius 2 is 0.968 bits per heavy atom. The molecule has 0 N–H and O–H groups in total. The Hall–Kier alpha value is -2.11. The van der Waals surface area contributed by atoms with Crippen LogP contribution in [0.25, 0.3) is 0 Å². The minimum absolute atomic E-state index is 0.317. The lowest BCUT2D eigenvalue weighted by Gasteiger charge is -2.10. The van der Waals surface area contributed by atoms with Gasteiger partial charge in [0.05, 0.1) is 18.1 Å². The number of benzene rings is 3. The predicted octanol–water partition coefficient (Wildman–Crippen LogP) is 6.49. The number of ether oxygens (including phenoxy) is 2. The first-order chi connectivity index (χ1) is 14.8. The van der Waals surface area contributed by atoms with E-state index in [2.05, 4.69) is 25.3 Å². The highest BCUT2D eigenvalue weighted by Gasteiger charge is 2.28. The lowest BCUT2D eigenvalue weighted by Crippen LogP contribution is -2.08. The molecular formula is C24H17I2O4S+. The fraction of sp³-hybridized carbons (Fsp3) is 0. The van der Waals surface area contributed by atoms with Crippen LogP contribution in [0.3, 0.4) is 0 Å². The van der Waals surface area contributed by atoms with Gasteiger partial charge in [-0.05, 0) is 106 Å². The molecule has 0 aliphatic rings. The average molecular weight is 655 g/mol. The normalized spacial score (nSPS) is 10.4. The summed E-state index contributed by atoms with van der Waals surface area (Å²) < 4.78 is 11.2. The Morgan fingerprint density at radius 1 is 0.613 bits per heavy atom. The first-order valence-corrected chi connectivity index (χ1v) is 12.4. The summed E-state index contributed by atoms with van der Waals surface area (Å²) in [5.41, 5.74) is 0. The number of esters is 2. The lowest BCUT2D eigenvalue weighted by molar-refractivity contribution is -0.130. The Bertz CT molecular complexity index is 1040. The molecule has 0 saturated carbocycles. The van der Waals surface area contributed by atoms with E-state index in [1.54, 1.807) is 24.3 Å². The Balaban J connectivity index is 1.91. The average Bonchev–Trinajstić information content (AvgIpc) is 2.77. The van der Waals surface area contributed by atoms with Crippen molar-refractivity contribution in [2.75, 3.05) is 0 Å². The fourth-order valence-electron chi connectivity index (χ4n) is 2.58. The van der Waals surface area contributed by atoms with E-state index in [9.17, 15) is 9.59 Å². The van der Waals surface area contributed by atoms with E-state index in [1.807, 2.05) is 87.6 Å². The van der Waals surface area contributed by atoms with Crippen LogP contribution in [0.15, 0.2) is 114 Å². The van der Waals surface area contributed by atoms with Gasteiger partial charge in [-0.15, -0.1) is 0 Å². The highest BCUT2D eigenvalue weighted by atomic mass is 127. The van der Waals surface area contributed by atoms with Crippen molar-refractivity contribution >= 4 is 68.0 Å². The second-order valence-corrected chi connectivity index (χ2v) is 10.8. The highest BCUT2D eigenvalue weighted by molar-refractivity contribution is 14.1. The molecule has 0 heterocycles. The van der Waals surface area contributed by atoms with E-state index in [1.165, 1.54) is 0 Å². The fourth-order valence-corrected chi connectivity index (χ4v) is 4.86. The van der Waals surface area contributed by atoms with Crippen molar-refractivity contribution in [1.29, 1.82) is 0 Å². The van der Waals surface area contributed by atoms with E-state index in [4.69, 9.17) is 9.47 Å². The van der Waals surface area contributed by atoms with Gasteiger partial charge in [0.15, 0.2) is 14.7 Å². The smallest absolute Gasteiger partial charge is 0.349 e. The van der Waals surface area contributed by atoms with Crippen LogP contribution in [0.5, 0.6) is 11.5 Å². The molecule has 0 aliphatic heterocycles. The predicted molar refractivity (Wildman–Crippen MR) is 139 cm³/mol. The largest absolute Gasteiger partial charge is 0.423 e. The van der Waals surface area contributed by atoms with E-state index in [0.717, 1.165) is 14.7 Å². The van der Waals surface area contributed by atoms with Gasteiger partial charge in [-0.1, -0.05) is 31.4 Å². The summed E-state index contributed by atoms with van der Waals surface area (Å²) in [5.74, 6) is -0.00149. The molecule has 0 amide bonds. The number of carbonyl (C=O) groups is 2. The second kappa shape index (κ2) is 11.0. The Labute approximate surface area is 211 Å². The SMILES string of the molecule is C=C(I)C(=O)Oc1ccc([S+](c2ccccc2)c2ccc(OC(=O)C(=C)I)cc2)cc1. The van der Waals surface area contributed by atoms with Gasteiger partial charge in [-0.25, -0.2) is 9.59 Å². The molecule has 0 radical (unpaired) electrons. The van der Waals surface area contributed by atoms with Crippen LogP contribution in [-0.2, 0) is 20.5 Å². The zero-order valence-electron chi connectivity index (χ0n) is 16.2. The summed E-state index contributed by atoms with van der Waals surface area (Å²) in [4.78, 5) is 26.8. The highest BCUT2D eigenvalue weighted by Crippen LogP contribution is 2.33. The van der Waals surface area contributed by atoms with Gasteiger partial charge in [-0.3, -0.25) is 0 Å². The van der Waals surface area contributed by atoms with E-state index >= 15 is 0 Å². The zero-order chi connectivity index (χ0) is 22.4. The van der Waals surface area contributed by atoms with Crippen LogP contribution in [-0.4, -0.2) is 11.9 Å². The van der Waals surface area contributed by atoms with Crippen LogP contribution in [0.1, 0.15) is 0 Å². The van der Waals surface area contributed by atoms with Gasteiger partial charge in [0, 0.05) is 0 Å². The third-order valence-corrected chi connectivity index (χ3v) is 7.07. The third-order valence-electron chi connectivity index (χ3n) is 3.96. The summed E-state index contributed by atoms with van der Waals surface area (Å²) in [5, 5.41) is 0. The maximum absolute atomic E-state index is 11.8. The van der Waals surface area contributed by atoms with Crippen molar-refractivity contribution in [2.45, 2.75) is 14.7 Å².